The molecule has 1 aromatic carbocycles. The number of nitrogens with zero attached hydrogens (tertiary/aromatic N) is 1. The van der Waals surface area contributed by atoms with Crippen molar-refractivity contribution in [1.82, 2.24) is 15.5 Å². The van der Waals surface area contributed by atoms with Crippen molar-refractivity contribution in [3.8, 4) is 0 Å². The van der Waals surface area contributed by atoms with Crippen molar-refractivity contribution in [2.24, 2.45) is 11.8 Å². The van der Waals surface area contributed by atoms with E-state index in [-0.39, 0.29) is 30.4 Å². The van der Waals surface area contributed by atoms with E-state index in [1.807, 2.05) is 51.1 Å². The Bertz CT molecular complexity index is 922. The summed E-state index contributed by atoms with van der Waals surface area (Å²) in [4.78, 5) is 42.2. The minimum absolute atomic E-state index is 0.125. The summed E-state index contributed by atoms with van der Waals surface area (Å²) < 4.78 is 6.65. The molecule has 3 saturated heterocycles. The number of ether oxygens (including phenoxy) is 1. The highest BCUT2D eigenvalue weighted by Gasteiger charge is 2.79. The summed E-state index contributed by atoms with van der Waals surface area (Å²) in [5.74, 6) is -2.22. The second kappa shape index (κ2) is 8.72. The van der Waals surface area contributed by atoms with E-state index in [4.69, 9.17) is 4.74 Å². The summed E-state index contributed by atoms with van der Waals surface area (Å²) in [6.45, 7) is 5.41. The molecule has 0 aliphatic carbocycles. The minimum Gasteiger partial charge on any atom is -0.394 e. The van der Waals surface area contributed by atoms with Gasteiger partial charge in [0.1, 0.15) is 11.6 Å². The summed E-state index contributed by atoms with van der Waals surface area (Å²) >= 11 is 0. The quantitative estimate of drug-likeness (QED) is 0.540. The van der Waals surface area contributed by atoms with E-state index >= 15 is 0 Å². The average molecular weight is 458 g/mol. The fourth-order valence-electron chi connectivity index (χ4n) is 6.40. The van der Waals surface area contributed by atoms with Crippen molar-refractivity contribution >= 4 is 17.7 Å². The van der Waals surface area contributed by atoms with Gasteiger partial charge in [-0.25, -0.2) is 0 Å². The second-order valence-electron chi connectivity index (χ2n) is 9.88. The van der Waals surface area contributed by atoms with Gasteiger partial charge in [-0.1, -0.05) is 37.3 Å². The second-order valence-corrected chi connectivity index (χ2v) is 9.88. The summed E-state index contributed by atoms with van der Waals surface area (Å²) in [5.41, 5.74) is -0.871. The zero-order valence-corrected chi connectivity index (χ0v) is 19.8. The first-order valence-electron chi connectivity index (χ1n) is 11.9. The number of amides is 3. The third kappa shape index (κ3) is 3.54. The Labute approximate surface area is 195 Å². The molecule has 3 N–H and O–H groups in total. The van der Waals surface area contributed by atoms with Crippen LogP contribution in [0.25, 0.3) is 0 Å². The molecule has 0 radical (unpaired) electrons. The minimum atomic E-state index is -1.08. The largest absolute Gasteiger partial charge is 0.394 e. The number of carbonyl (C=O) groups excluding carboxylic acids is 3. The zero-order chi connectivity index (χ0) is 24.0. The van der Waals surface area contributed by atoms with E-state index in [9.17, 15) is 19.5 Å². The van der Waals surface area contributed by atoms with E-state index < -0.39 is 35.1 Å². The highest BCUT2D eigenvalue weighted by Crippen LogP contribution is 2.64. The van der Waals surface area contributed by atoms with E-state index in [0.717, 1.165) is 5.56 Å². The fourth-order valence-corrected chi connectivity index (χ4v) is 6.40. The Morgan fingerprint density at radius 3 is 2.48 bits per heavy atom. The number of fused-ring (bicyclic) bond motifs is 1. The van der Waals surface area contributed by atoms with Crippen LogP contribution >= 0.6 is 0 Å². The number of likely N-dealkylation sites (tertiary alicyclic amines) is 1. The number of carbonyl (C=O) groups is 3. The summed E-state index contributed by atoms with van der Waals surface area (Å²) in [7, 11) is 1.57. The Morgan fingerprint density at radius 1 is 1.21 bits per heavy atom. The molecule has 6 atom stereocenters. The van der Waals surface area contributed by atoms with Crippen LogP contribution in [0.1, 0.15) is 45.6 Å². The molecule has 3 heterocycles. The standard InChI is InChI=1S/C25H35N3O5/c1-5-24-11-12-25(33-24)19(18(24)21(30)26-4)23(32)28(20(25)22(31)27-15(2)3)17(14-29)13-16-9-7-6-8-10-16/h6-10,15,17-20,29H,5,11-14H2,1-4H3,(H,26,30)(H,27,31)/t17-,18+,19+,20?,24-,25?/m1/s1. The monoisotopic (exact) mass is 457 g/mol. The van der Waals surface area contributed by atoms with Crippen LogP contribution in [0.2, 0.25) is 0 Å². The Morgan fingerprint density at radius 2 is 1.91 bits per heavy atom. The average Bonchev–Trinajstić information content (AvgIpc) is 3.41. The van der Waals surface area contributed by atoms with Crippen LogP contribution in [0.5, 0.6) is 0 Å². The van der Waals surface area contributed by atoms with Gasteiger partial charge in [0.25, 0.3) is 0 Å². The van der Waals surface area contributed by atoms with Gasteiger partial charge in [-0.2, -0.15) is 0 Å². The van der Waals surface area contributed by atoms with Crippen LogP contribution in [0.15, 0.2) is 30.3 Å². The van der Waals surface area contributed by atoms with E-state index in [1.165, 1.54) is 4.90 Å². The van der Waals surface area contributed by atoms with Crippen LogP contribution in [-0.4, -0.2) is 70.7 Å². The number of benzene rings is 1. The molecule has 2 unspecified atom stereocenters. The lowest BCUT2D eigenvalue weighted by atomic mass is 9.65. The van der Waals surface area contributed by atoms with Gasteiger partial charge in [0.15, 0.2) is 0 Å². The molecular weight excluding hydrogens is 422 g/mol. The van der Waals surface area contributed by atoms with Crippen molar-refractivity contribution in [1.29, 1.82) is 0 Å². The molecule has 3 aliphatic heterocycles. The lowest BCUT2D eigenvalue weighted by Crippen LogP contribution is -2.59. The van der Waals surface area contributed by atoms with Crippen molar-refractivity contribution in [3.63, 3.8) is 0 Å². The molecule has 33 heavy (non-hydrogen) atoms. The number of nitrogens with one attached hydrogen (secondary N) is 2. The Hall–Kier alpha value is -2.45. The summed E-state index contributed by atoms with van der Waals surface area (Å²) in [6, 6.07) is 7.97. The maximum atomic E-state index is 14.0. The lowest BCUT2D eigenvalue weighted by molar-refractivity contribution is -0.151. The number of rotatable bonds is 8. The van der Waals surface area contributed by atoms with Crippen molar-refractivity contribution in [3.05, 3.63) is 35.9 Å². The highest BCUT2D eigenvalue weighted by atomic mass is 16.5. The van der Waals surface area contributed by atoms with Gasteiger partial charge in [0.05, 0.1) is 30.1 Å². The van der Waals surface area contributed by atoms with Crippen molar-refractivity contribution < 1.29 is 24.2 Å². The predicted octanol–water partition coefficient (Wildman–Crippen LogP) is 1.02. The molecule has 2 bridgehead atoms. The molecule has 0 saturated carbocycles. The molecule has 0 aromatic heterocycles. The third-order valence-electron chi connectivity index (χ3n) is 7.75. The van der Waals surface area contributed by atoms with Gasteiger partial charge in [-0.3, -0.25) is 14.4 Å². The maximum absolute atomic E-state index is 14.0. The topological polar surface area (TPSA) is 108 Å². The van der Waals surface area contributed by atoms with E-state index in [1.54, 1.807) is 7.05 Å². The van der Waals surface area contributed by atoms with Crippen LogP contribution in [0.3, 0.4) is 0 Å². The normalized spacial score (nSPS) is 33.3. The smallest absolute Gasteiger partial charge is 0.246 e. The molecule has 180 valence electrons. The van der Waals surface area contributed by atoms with Gasteiger partial charge in [-0.15, -0.1) is 0 Å². The van der Waals surface area contributed by atoms with Crippen LogP contribution in [0, 0.1) is 11.8 Å². The predicted molar refractivity (Wildman–Crippen MR) is 122 cm³/mol. The molecule has 3 fully saturated rings. The van der Waals surface area contributed by atoms with Crippen LogP contribution in [-0.2, 0) is 25.5 Å². The molecule has 1 aromatic rings. The zero-order valence-electron chi connectivity index (χ0n) is 19.8. The number of aliphatic hydroxyl groups excluding tert-OH is 1. The Kier molecular flexibility index (Phi) is 6.26. The van der Waals surface area contributed by atoms with E-state index in [0.29, 0.717) is 25.7 Å². The van der Waals surface area contributed by atoms with Gasteiger partial charge >= 0.3 is 0 Å². The molecule has 8 heteroatoms. The van der Waals surface area contributed by atoms with Gasteiger partial charge in [0, 0.05) is 13.1 Å². The van der Waals surface area contributed by atoms with Crippen molar-refractivity contribution in [2.45, 2.75) is 75.8 Å². The number of hydrogen-bond acceptors (Lipinski definition) is 5. The molecule has 4 rings (SSSR count). The Balaban J connectivity index is 1.79. The molecule has 3 aliphatic rings. The third-order valence-corrected chi connectivity index (χ3v) is 7.75. The number of aliphatic hydroxyl groups is 1. The summed E-state index contributed by atoms with van der Waals surface area (Å²) in [5, 5.41) is 16.0. The highest BCUT2D eigenvalue weighted by molar-refractivity contribution is 5.99. The van der Waals surface area contributed by atoms with Gasteiger partial charge in [0.2, 0.25) is 17.7 Å². The van der Waals surface area contributed by atoms with Gasteiger partial charge in [-0.05, 0) is 45.1 Å². The SMILES string of the molecule is CC[C@]12CCC3(O1)C(C(=O)NC(C)C)N([C@@H](CO)Cc1ccccc1)C(=O)[C@@H]3[C@H]2C(=O)NC. The first-order valence-corrected chi connectivity index (χ1v) is 11.9. The fraction of sp³-hybridized carbons (Fsp3) is 0.640. The van der Waals surface area contributed by atoms with Crippen molar-refractivity contribution in [2.75, 3.05) is 13.7 Å². The molecule has 8 nitrogen and oxygen atoms in total. The lowest BCUT2D eigenvalue weighted by Gasteiger charge is -2.37. The molecule has 3 amide bonds. The van der Waals surface area contributed by atoms with E-state index in [2.05, 4.69) is 10.6 Å². The van der Waals surface area contributed by atoms with Crippen LogP contribution < -0.4 is 10.6 Å². The van der Waals surface area contributed by atoms with Crippen LogP contribution in [0.4, 0.5) is 0 Å². The molecular formula is C25H35N3O5. The summed E-state index contributed by atoms with van der Waals surface area (Å²) in [6.07, 6.45) is 2.14. The van der Waals surface area contributed by atoms with Gasteiger partial charge < -0.3 is 25.4 Å². The molecule has 1 spiro atoms. The first kappa shape index (κ1) is 23.7. The maximum Gasteiger partial charge on any atom is 0.246 e. The first-order chi connectivity index (χ1) is 15.7. The number of hydrogen-bond donors (Lipinski definition) is 3.